The van der Waals surface area contributed by atoms with Gasteiger partial charge in [0.15, 0.2) is 0 Å². The lowest BCUT2D eigenvalue weighted by atomic mass is 9.99. The summed E-state index contributed by atoms with van der Waals surface area (Å²) in [7, 11) is 0. The molecule has 0 bridgehead atoms. The smallest absolute Gasteiger partial charge is 0.243 e. The van der Waals surface area contributed by atoms with Crippen molar-refractivity contribution in [2.75, 3.05) is 18.6 Å². The molecule has 1 heterocycles. The number of amides is 1. The van der Waals surface area contributed by atoms with E-state index >= 15 is 0 Å². The lowest BCUT2D eigenvalue weighted by Crippen LogP contribution is -2.45. The molecular formula is C14H28N2OS. The highest BCUT2D eigenvalue weighted by molar-refractivity contribution is 7.98. The van der Waals surface area contributed by atoms with Gasteiger partial charge in [0, 0.05) is 6.54 Å². The predicted molar refractivity (Wildman–Crippen MR) is 79.7 cm³/mol. The fourth-order valence-electron chi connectivity index (χ4n) is 2.56. The van der Waals surface area contributed by atoms with Crippen LogP contribution in [0.15, 0.2) is 0 Å². The highest BCUT2D eigenvalue weighted by atomic mass is 32.2. The van der Waals surface area contributed by atoms with Crippen LogP contribution in [0.5, 0.6) is 0 Å². The van der Waals surface area contributed by atoms with E-state index in [1.165, 1.54) is 0 Å². The third kappa shape index (κ3) is 3.21. The summed E-state index contributed by atoms with van der Waals surface area (Å²) >= 11 is 1.85. The molecule has 0 aromatic rings. The van der Waals surface area contributed by atoms with Crippen molar-refractivity contribution < 1.29 is 4.79 Å². The lowest BCUT2D eigenvalue weighted by molar-refractivity contribution is -0.133. The van der Waals surface area contributed by atoms with Gasteiger partial charge in [-0.1, -0.05) is 27.7 Å². The van der Waals surface area contributed by atoms with E-state index in [-0.39, 0.29) is 17.6 Å². The Morgan fingerprint density at radius 1 is 1.44 bits per heavy atom. The second-order valence-corrected chi connectivity index (χ2v) is 6.95. The van der Waals surface area contributed by atoms with Gasteiger partial charge in [-0.25, -0.2) is 0 Å². The number of nitrogens with zero attached hydrogens (tertiary/aromatic N) is 1. The number of hydrogen-bond donors (Lipinski definition) is 1. The van der Waals surface area contributed by atoms with Gasteiger partial charge in [0.05, 0.1) is 11.7 Å². The standard InChI is InChI=1S/C14H28N2OS/c1-7-14(5)13(17)16(8-11(4)9-18-6)12(15-14)10(2)3/h10-12,15H,7-9H2,1-6H3. The van der Waals surface area contributed by atoms with Crippen LogP contribution in [0.3, 0.4) is 0 Å². The van der Waals surface area contributed by atoms with Gasteiger partial charge < -0.3 is 4.90 Å². The molecule has 1 aliphatic heterocycles. The number of rotatable bonds is 6. The third-order valence-corrected chi connectivity index (χ3v) is 4.74. The van der Waals surface area contributed by atoms with Crippen LogP contribution in [0.25, 0.3) is 0 Å². The molecule has 0 aliphatic carbocycles. The van der Waals surface area contributed by atoms with E-state index in [0.29, 0.717) is 11.8 Å². The summed E-state index contributed by atoms with van der Waals surface area (Å²) < 4.78 is 0. The quantitative estimate of drug-likeness (QED) is 0.806. The Kier molecular flexibility index (Phi) is 5.53. The summed E-state index contributed by atoms with van der Waals surface area (Å²) in [6, 6.07) is 0. The average Bonchev–Trinajstić information content (AvgIpc) is 2.55. The summed E-state index contributed by atoms with van der Waals surface area (Å²) in [5, 5.41) is 3.53. The second kappa shape index (κ2) is 6.29. The maximum atomic E-state index is 12.6. The fourth-order valence-corrected chi connectivity index (χ4v) is 3.23. The molecule has 3 nitrogen and oxygen atoms in total. The molecule has 0 spiro atoms. The molecule has 1 fully saturated rings. The molecule has 0 aromatic carbocycles. The summed E-state index contributed by atoms with van der Waals surface area (Å²) in [4.78, 5) is 14.6. The normalized spacial score (nSPS) is 30.3. The van der Waals surface area contributed by atoms with E-state index < -0.39 is 0 Å². The van der Waals surface area contributed by atoms with Crippen molar-refractivity contribution in [2.24, 2.45) is 11.8 Å². The van der Waals surface area contributed by atoms with Crippen LogP contribution >= 0.6 is 11.8 Å². The van der Waals surface area contributed by atoms with E-state index in [1.54, 1.807) is 0 Å². The molecule has 0 aromatic heterocycles. The topological polar surface area (TPSA) is 32.3 Å². The Balaban J connectivity index is 2.81. The van der Waals surface area contributed by atoms with Crippen molar-refractivity contribution in [1.29, 1.82) is 0 Å². The zero-order valence-corrected chi connectivity index (χ0v) is 13.4. The molecule has 4 heteroatoms. The van der Waals surface area contributed by atoms with E-state index in [4.69, 9.17) is 0 Å². The third-order valence-electron chi connectivity index (χ3n) is 3.83. The van der Waals surface area contributed by atoms with E-state index in [9.17, 15) is 4.79 Å². The van der Waals surface area contributed by atoms with Gasteiger partial charge in [-0.15, -0.1) is 0 Å². The molecule has 0 radical (unpaired) electrons. The number of carbonyl (C=O) groups excluding carboxylic acids is 1. The Morgan fingerprint density at radius 2 is 2.06 bits per heavy atom. The molecule has 1 amide bonds. The maximum absolute atomic E-state index is 12.6. The number of hydrogen-bond acceptors (Lipinski definition) is 3. The minimum absolute atomic E-state index is 0.187. The molecule has 1 aliphatic rings. The van der Waals surface area contributed by atoms with Gasteiger partial charge in [-0.3, -0.25) is 10.1 Å². The SMILES string of the molecule is CCC1(C)NC(C(C)C)N(CC(C)CSC)C1=O. The summed E-state index contributed by atoms with van der Waals surface area (Å²) in [6.45, 7) is 11.6. The fraction of sp³-hybridized carbons (Fsp3) is 0.929. The highest BCUT2D eigenvalue weighted by Crippen LogP contribution is 2.28. The van der Waals surface area contributed by atoms with Crippen molar-refractivity contribution in [1.82, 2.24) is 10.2 Å². The van der Waals surface area contributed by atoms with Gasteiger partial charge in [0.2, 0.25) is 5.91 Å². The maximum Gasteiger partial charge on any atom is 0.243 e. The van der Waals surface area contributed by atoms with Crippen LogP contribution in [0, 0.1) is 11.8 Å². The van der Waals surface area contributed by atoms with Gasteiger partial charge >= 0.3 is 0 Å². The van der Waals surface area contributed by atoms with E-state index in [0.717, 1.165) is 18.7 Å². The Morgan fingerprint density at radius 3 is 2.50 bits per heavy atom. The molecule has 1 rings (SSSR count). The minimum atomic E-state index is -0.367. The van der Waals surface area contributed by atoms with Crippen LogP contribution in [0.4, 0.5) is 0 Å². The molecular weight excluding hydrogens is 244 g/mol. The summed E-state index contributed by atoms with van der Waals surface area (Å²) in [5.74, 6) is 2.38. The zero-order chi connectivity index (χ0) is 13.9. The van der Waals surface area contributed by atoms with Gasteiger partial charge in [0.25, 0.3) is 0 Å². The minimum Gasteiger partial charge on any atom is -0.325 e. The number of nitrogens with one attached hydrogen (secondary N) is 1. The highest BCUT2D eigenvalue weighted by Gasteiger charge is 2.47. The molecule has 1 saturated heterocycles. The van der Waals surface area contributed by atoms with Gasteiger partial charge in [0.1, 0.15) is 0 Å². The van der Waals surface area contributed by atoms with Crippen LogP contribution < -0.4 is 5.32 Å². The number of thioether (sulfide) groups is 1. The van der Waals surface area contributed by atoms with Gasteiger partial charge in [-0.2, -0.15) is 11.8 Å². The van der Waals surface area contributed by atoms with Crippen LogP contribution in [0.2, 0.25) is 0 Å². The molecule has 1 N–H and O–H groups in total. The van der Waals surface area contributed by atoms with Crippen molar-refractivity contribution >= 4 is 17.7 Å². The second-order valence-electron chi connectivity index (χ2n) is 6.04. The Hall–Kier alpha value is -0.220. The largest absolute Gasteiger partial charge is 0.325 e. The van der Waals surface area contributed by atoms with Crippen molar-refractivity contribution in [3.63, 3.8) is 0 Å². The average molecular weight is 272 g/mol. The van der Waals surface area contributed by atoms with Crippen molar-refractivity contribution in [3.8, 4) is 0 Å². The first-order valence-electron chi connectivity index (χ1n) is 6.93. The first-order valence-corrected chi connectivity index (χ1v) is 8.32. The molecule has 0 saturated carbocycles. The number of carbonyl (C=O) groups is 1. The van der Waals surface area contributed by atoms with Crippen LogP contribution in [0.1, 0.15) is 41.0 Å². The molecule has 18 heavy (non-hydrogen) atoms. The molecule has 3 unspecified atom stereocenters. The predicted octanol–water partition coefficient (Wildman–Crippen LogP) is 2.57. The summed E-state index contributed by atoms with van der Waals surface area (Å²) in [5.41, 5.74) is -0.367. The first-order chi connectivity index (χ1) is 8.35. The van der Waals surface area contributed by atoms with Gasteiger partial charge in [-0.05, 0) is 37.2 Å². The van der Waals surface area contributed by atoms with Crippen molar-refractivity contribution in [3.05, 3.63) is 0 Å². The zero-order valence-electron chi connectivity index (χ0n) is 12.6. The summed E-state index contributed by atoms with van der Waals surface area (Å²) in [6.07, 6.45) is 3.16. The lowest BCUT2D eigenvalue weighted by Gasteiger charge is -2.29. The molecule has 3 atom stereocenters. The van der Waals surface area contributed by atoms with Crippen LogP contribution in [-0.4, -0.2) is 41.1 Å². The van der Waals surface area contributed by atoms with Crippen LogP contribution in [-0.2, 0) is 4.79 Å². The van der Waals surface area contributed by atoms with Crippen molar-refractivity contribution in [2.45, 2.75) is 52.7 Å². The molecule has 106 valence electrons. The van der Waals surface area contributed by atoms with E-state index in [1.807, 2.05) is 18.7 Å². The Labute approximate surface area is 116 Å². The monoisotopic (exact) mass is 272 g/mol. The first kappa shape index (κ1) is 15.8. The Bertz CT molecular complexity index is 296. The van der Waals surface area contributed by atoms with E-state index in [2.05, 4.69) is 44.2 Å².